The Morgan fingerprint density at radius 3 is 2.42 bits per heavy atom. The van der Waals surface area contributed by atoms with Gasteiger partial charge in [-0.2, -0.15) is 10.5 Å². The number of ether oxygens (including phenoxy) is 4. The van der Waals surface area contributed by atoms with E-state index in [1.807, 2.05) is 0 Å². The fourth-order valence-electron chi connectivity index (χ4n) is 6.95. The number of epoxide rings is 2. The van der Waals surface area contributed by atoms with Gasteiger partial charge in [-0.3, -0.25) is 0 Å². The van der Waals surface area contributed by atoms with Crippen molar-refractivity contribution < 1.29 is 23.7 Å². The Morgan fingerprint density at radius 1 is 1.16 bits per heavy atom. The number of hydrogen-bond acceptors (Lipinski definition) is 8. The summed E-state index contributed by atoms with van der Waals surface area (Å²) >= 11 is 0. The van der Waals surface area contributed by atoms with Crippen LogP contribution in [0.5, 0.6) is 0 Å². The van der Waals surface area contributed by atoms with Gasteiger partial charge in [-0.05, 0) is 71.8 Å². The molecule has 5 rings (SSSR count). The zero-order valence-corrected chi connectivity index (χ0v) is 23.3. The molecule has 4 aliphatic heterocycles. The maximum absolute atomic E-state index is 13.0. The first-order valence-corrected chi connectivity index (χ1v) is 14.2. The molecule has 1 aliphatic carbocycles. The van der Waals surface area contributed by atoms with Gasteiger partial charge in [0, 0.05) is 33.3 Å². The predicted molar refractivity (Wildman–Crippen MR) is 139 cm³/mol. The SMILES string of the molecule is COC1C(OC(=O)N2CC(CCN3CCC(C#N)(C#N)CC3)C2)CCC2(CO2)C1[C@@]1(C)O[C@@H]1CC=C(C)C. The van der Waals surface area contributed by atoms with Crippen LogP contribution in [0.4, 0.5) is 4.79 Å². The highest BCUT2D eigenvalue weighted by Gasteiger charge is 2.72. The minimum Gasteiger partial charge on any atom is -0.443 e. The summed E-state index contributed by atoms with van der Waals surface area (Å²) in [6, 6.07) is 4.39. The normalized spacial score (nSPS) is 38.0. The molecule has 9 nitrogen and oxygen atoms in total. The van der Waals surface area contributed by atoms with E-state index in [4.69, 9.17) is 18.9 Å². The van der Waals surface area contributed by atoms with E-state index in [1.54, 1.807) is 12.0 Å². The van der Waals surface area contributed by atoms with Crippen LogP contribution in [0.3, 0.4) is 0 Å². The van der Waals surface area contributed by atoms with Gasteiger partial charge in [-0.15, -0.1) is 0 Å². The molecule has 1 spiro atoms. The molecule has 4 saturated heterocycles. The van der Waals surface area contributed by atoms with Crippen LogP contribution in [0.2, 0.25) is 0 Å². The molecule has 9 heteroatoms. The maximum atomic E-state index is 13.0. The average molecular weight is 527 g/mol. The second-order valence-corrected chi connectivity index (χ2v) is 12.5. The van der Waals surface area contributed by atoms with Crippen LogP contribution in [0.25, 0.3) is 0 Å². The number of amides is 1. The molecule has 208 valence electrons. The number of rotatable bonds is 8. The van der Waals surface area contributed by atoms with Gasteiger partial charge in [-0.25, -0.2) is 4.79 Å². The first-order valence-electron chi connectivity index (χ1n) is 14.2. The van der Waals surface area contributed by atoms with E-state index in [9.17, 15) is 15.3 Å². The second-order valence-electron chi connectivity index (χ2n) is 12.5. The summed E-state index contributed by atoms with van der Waals surface area (Å²) in [4.78, 5) is 17.2. The monoisotopic (exact) mass is 526 g/mol. The number of nitriles is 2. The van der Waals surface area contributed by atoms with E-state index >= 15 is 0 Å². The Hall–Kier alpha value is -2.17. The lowest BCUT2D eigenvalue weighted by Gasteiger charge is -2.45. The van der Waals surface area contributed by atoms with E-state index in [2.05, 4.69) is 43.9 Å². The van der Waals surface area contributed by atoms with E-state index in [-0.39, 0.29) is 41.5 Å². The van der Waals surface area contributed by atoms with Crippen LogP contribution in [0.1, 0.15) is 59.3 Å². The first kappa shape index (κ1) is 27.4. The molecule has 4 unspecified atom stereocenters. The van der Waals surface area contributed by atoms with Crippen LogP contribution in [0.15, 0.2) is 11.6 Å². The molecule has 0 aromatic carbocycles. The molecule has 0 N–H and O–H groups in total. The maximum Gasteiger partial charge on any atom is 0.410 e. The highest BCUT2D eigenvalue weighted by molar-refractivity contribution is 5.69. The topological polar surface area (TPSA) is 115 Å². The number of carbonyl (C=O) groups excluding carboxylic acids is 1. The summed E-state index contributed by atoms with van der Waals surface area (Å²) in [5, 5.41) is 18.6. The Bertz CT molecular complexity index is 995. The quantitative estimate of drug-likeness (QED) is 0.348. The Kier molecular flexibility index (Phi) is 7.52. The van der Waals surface area contributed by atoms with E-state index in [1.165, 1.54) is 5.57 Å². The highest BCUT2D eigenvalue weighted by Crippen LogP contribution is 2.59. The molecular weight excluding hydrogens is 484 g/mol. The van der Waals surface area contributed by atoms with Crippen molar-refractivity contribution in [1.29, 1.82) is 10.5 Å². The molecule has 0 aromatic heterocycles. The van der Waals surface area contributed by atoms with Gasteiger partial charge in [0.05, 0.1) is 30.8 Å². The van der Waals surface area contributed by atoms with E-state index in [0.29, 0.717) is 38.5 Å². The van der Waals surface area contributed by atoms with E-state index in [0.717, 1.165) is 45.3 Å². The van der Waals surface area contributed by atoms with Crippen LogP contribution >= 0.6 is 0 Å². The van der Waals surface area contributed by atoms with Crippen molar-refractivity contribution >= 4 is 6.09 Å². The largest absolute Gasteiger partial charge is 0.443 e. The van der Waals surface area contributed by atoms with Crippen LogP contribution in [-0.4, -0.2) is 91.8 Å². The van der Waals surface area contributed by atoms with Crippen LogP contribution in [0, 0.1) is 39.9 Å². The molecule has 1 amide bonds. The molecule has 6 atom stereocenters. The molecule has 0 bridgehead atoms. The van der Waals surface area contributed by atoms with E-state index < -0.39 is 5.41 Å². The standard InChI is InChI=1S/C29H42N4O5/c1-20(2)5-6-23-27(3,38-23)25-24(35-4)22(7-9-29(25)19-36-29)37-26(34)33-15-21(16-33)8-12-32-13-10-28(17-30,18-31)11-14-32/h5,21-25H,6-16,19H2,1-4H3/t22?,23-,24?,25?,27+,29?/m1/s1. The Labute approximate surface area is 226 Å². The average Bonchev–Trinajstić information content (AvgIpc) is 3.80. The Balaban J connectivity index is 1.10. The van der Waals surface area contributed by atoms with Gasteiger partial charge in [0.15, 0.2) is 0 Å². The minimum atomic E-state index is -0.813. The molecule has 38 heavy (non-hydrogen) atoms. The van der Waals surface area contributed by atoms with Crippen LogP contribution < -0.4 is 0 Å². The van der Waals surface area contributed by atoms with Crippen molar-refractivity contribution in [3.8, 4) is 12.1 Å². The van der Waals surface area contributed by atoms with Crippen molar-refractivity contribution in [3.63, 3.8) is 0 Å². The number of allylic oxidation sites excluding steroid dienone is 1. The smallest absolute Gasteiger partial charge is 0.410 e. The molecule has 0 aromatic rings. The molecule has 4 heterocycles. The fourth-order valence-corrected chi connectivity index (χ4v) is 6.95. The Morgan fingerprint density at radius 2 is 1.84 bits per heavy atom. The summed E-state index contributed by atoms with van der Waals surface area (Å²) in [7, 11) is 1.70. The zero-order valence-electron chi connectivity index (χ0n) is 23.3. The third-order valence-electron chi connectivity index (χ3n) is 9.70. The molecule has 0 radical (unpaired) electrons. The third kappa shape index (κ3) is 5.19. The van der Waals surface area contributed by atoms with Gasteiger partial charge >= 0.3 is 6.09 Å². The minimum absolute atomic E-state index is 0.0246. The van der Waals surface area contributed by atoms with Crippen molar-refractivity contribution in [2.75, 3.05) is 46.4 Å². The van der Waals surface area contributed by atoms with Crippen molar-refractivity contribution in [2.45, 2.75) is 88.8 Å². The third-order valence-corrected chi connectivity index (χ3v) is 9.70. The fraction of sp³-hybridized carbons (Fsp3) is 0.828. The lowest BCUT2D eigenvalue weighted by molar-refractivity contribution is -0.124. The first-order chi connectivity index (χ1) is 18.2. The molecule has 5 aliphatic rings. The predicted octanol–water partition coefficient (Wildman–Crippen LogP) is 3.65. The molecular formula is C29H42N4O5. The summed E-state index contributed by atoms with van der Waals surface area (Å²) in [6.45, 7) is 11.0. The summed E-state index contributed by atoms with van der Waals surface area (Å²) in [6.07, 6.45) is 6.19. The zero-order chi connectivity index (χ0) is 27.1. The number of hydrogen-bond donors (Lipinski definition) is 0. The van der Waals surface area contributed by atoms with Crippen LogP contribution in [-0.2, 0) is 18.9 Å². The van der Waals surface area contributed by atoms with Gasteiger partial charge in [0.25, 0.3) is 0 Å². The number of piperidine rings is 1. The van der Waals surface area contributed by atoms with Crippen molar-refractivity contribution in [1.82, 2.24) is 9.80 Å². The van der Waals surface area contributed by atoms with Crippen molar-refractivity contribution in [3.05, 3.63) is 11.6 Å². The molecule has 1 saturated carbocycles. The number of methoxy groups -OCH3 is 1. The lowest BCUT2D eigenvalue weighted by atomic mass is 9.68. The second kappa shape index (κ2) is 10.4. The number of nitrogens with zero attached hydrogens (tertiary/aromatic N) is 4. The summed E-state index contributed by atoms with van der Waals surface area (Å²) in [5.41, 5.74) is -0.103. The lowest BCUT2D eigenvalue weighted by Crippen LogP contribution is -2.57. The van der Waals surface area contributed by atoms with Gasteiger partial charge < -0.3 is 28.7 Å². The van der Waals surface area contributed by atoms with Crippen molar-refractivity contribution in [2.24, 2.45) is 17.3 Å². The number of carbonyl (C=O) groups is 1. The molecule has 5 fully saturated rings. The van der Waals surface area contributed by atoms with Gasteiger partial charge in [-0.1, -0.05) is 11.6 Å². The summed E-state index contributed by atoms with van der Waals surface area (Å²) in [5.74, 6) is 0.479. The van der Waals surface area contributed by atoms with Gasteiger partial charge in [0.1, 0.15) is 28.8 Å². The summed E-state index contributed by atoms with van der Waals surface area (Å²) < 4.78 is 24.3. The highest BCUT2D eigenvalue weighted by atomic mass is 16.6. The number of likely N-dealkylation sites (tertiary alicyclic amines) is 2. The van der Waals surface area contributed by atoms with Gasteiger partial charge in [0.2, 0.25) is 0 Å².